The van der Waals surface area contributed by atoms with Gasteiger partial charge in [0.25, 0.3) is 10.0 Å². The van der Waals surface area contributed by atoms with Crippen molar-refractivity contribution >= 4 is 38.6 Å². The summed E-state index contributed by atoms with van der Waals surface area (Å²) in [6.07, 6.45) is 0. The number of rotatable bonds is 7. The third-order valence-corrected chi connectivity index (χ3v) is 7.23. The third-order valence-electron chi connectivity index (χ3n) is 4.69. The number of nitrogens with zero attached hydrogens (tertiary/aromatic N) is 1. The lowest BCUT2D eigenvalue weighted by Gasteiger charge is -2.13. The van der Waals surface area contributed by atoms with Gasteiger partial charge in [-0.1, -0.05) is 35.9 Å². The molecular weight excluding hydrogens is 468 g/mol. The van der Waals surface area contributed by atoms with Crippen molar-refractivity contribution in [2.75, 3.05) is 18.9 Å². The van der Waals surface area contributed by atoms with Crippen molar-refractivity contribution in [1.29, 1.82) is 0 Å². The predicted molar refractivity (Wildman–Crippen MR) is 128 cm³/mol. The lowest BCUT2D eigenvalue weighted by atomic mass is 10.1. The summed E-state index contributed by atoms with van der Waals surface area (Å²) in [4.78, 5) is 4.68. The Balaban J connectivity index is 1.55. The van der Waals surface area contributed by atoms with Crippen LogP contribution in [0.4, 0.5) is 5.69 Å². The summed E-state index contributed by atoms with van der Waals surface area (Å²) in [5.74, 6) is 0.647. The number of halogens is 1. The molecule has 0 amide bonds. The average molecular weight is 487 g/mol. The number of methoxy groups -OCH3 is 2. The minimum Gasteiger partial charge on any atom is -0.497 e. The number of ether oxygens (including phenoxy) is 2. The SMILES string of the molecule is COc1ccc(OC)c(S(=O)(=O)Nc2ccc(-c3csc(-c4ccc(Cl)cc4)n3)cc2)c1. The molecule has 0 radical (unpaired) electrons. The number of thiazole rings is 1. The van der Waals surface area contributed by atoms with Crippen LogP contribution in [0.2, 0.25) is 5.02 Å². The Morgan fingerprint density at radius 3 is 2.25 bits per heavy atom. The molecule has 32 heavy (non-hydrogen) atoms. The maximum atomic E-state index is 12.9. The highest BCUT2D eigenvalue weighted by Crippen LogP contribution is 2.32. The minimum atomic E-state index is -3.88. The molecule has 6 nitrogen and oxygen atoms in total. The van der Waals surface area contributed by atoms with E-state index in [9.17, 15) is 8.42 Å². The molecule has 0 fully saturated rings. The molecule has 9 heteroatoms. The van der Waals surface area contributed by atoms with Crippen molar-refractivity contribution in [3.8, 4) is 33.3 Å². The second-order valence-corrected chi connectivity index (χ2v) is 9.69. The van der Waals surface area contributed by atoms with Crippen LogP contribution in [-0.2, 0) is 10.0 Å². The van der Waals surface area contributed by atoms with Crippen LogP contribution in [0.1, 0.15) is 0 Å². The van der Waals surface area contributed by atoms with E-state index >= 15 is 0 Å². The van der Waals surface area contributed by atoms with Gasteiger partial charge in [-0.2, -0.15) is 0 Å². The molecule has 164 valence electrons. The molecule has 4 aromatic rings. The standard InChI is InChI=1S/C23H19ClN2O4S2/c1-29-19-11-12-21(30-2)22(13-19)32(27,28)26-18-9-5-15(6-10-18)20-14-31-23(25-20)16-3-7-17(24)8-4-16/h3-14,26H,1-2H3. The van der Waals surface area contributed by atoms with E-state index < -0.39 is 10.0 Å². The first-order valence-corrected chi connectivity index (χ1v) is 12.2. The molecule has 0 aliphatic rings. The Morgan fingerprint density at radius 2 is 1.59 bits per heavy atom. The summed E-state index contributed by atoms with van der Waals surface area (Å²) in [6.45, 7) is 0. The van der Waals surface area contributed by atoms with Gasteiger partial charge >= 0.3 is 0 Å². The Morgan fingerprint density at radius 1 is 0.906 bits per heavy atom. The summed E-state index contributed by atoms with van der Waals surface area (Å²) in [7, 11) is -0.989. The van der Waals surface area contributed by atoms with E-state index in [1.54, 1.807) is 24.3 Å². The van der Waals surface area contributed by atoms with Crippen LogP contribution in [0, 0.1) is 0 Å². The molecule has 1 N–H and O–H groups in total. The predicted octanol–water partition coefficient (Wildman–Crippen LogP) is 5.95. The molecule has 0 atom stereocenters. The zero-order chi connectivity index (χ0) is 22.7. The van der Waals surface area contributed by atoms with Crippen LogP contribution in [0.5, 0.6) is 11.5 Å². The Labute approximate surface area is 195 Å². The molecule has 0 unspecified atom stereocenters. The first-order chi connectivity index (χ1) is 15.4. The van der Waals surface area contributed by atoms with Crippen LogP contribution >= 0.6 is 22.9 Å². The van der Waals surface area contributed by atoms with Crippen molar-refractivity contribution in [2.45, 2.75) is 4.90 Å². The van der Waals surface area contributed by atoms with E-state index in [4.69, 9.17) is 21.1 Å². The van der Waals surface area contributed by atoms with Crippen molar-refractivity contribution in [3.63, 3.8) is 0 Å². The second-order valence-electron chi connectivity index (χ2n) is 6.74. The minimum absolute atomic E-state index is 0.00414. The molecule has 3 aromatic carbocycles. The summed E-state index contributed by atoms with van der Waals surface area (Å²) in [5.41, 5.74) is 3.10. The maximum Gasteiger partial charge on any atom is 0.265 e. The van der Waals surface area contributed by atoms with Crippen LogP contribution in [0.15, 0.2) is 77.0 Å². The summed E-state index contributed by atoms with van der Waals surface area (Å²) in [5, 5.41) is 3.52. The fourth-order valence-electron chi connectivity index (χ4n) is 3.04. The highest BCUT2D eigenvalue weighted by Gasteiger charge is 2.21. The lowest BCUT2D eigenvalue weighted by molar-refractivity contribution is 0.392. The molecule has 1 aromatic heterocycles. The number of hydrogen-bond donors (Lipinski definition) is 1. The zero-order valence-electron chi connectivity index (χ0n) is 17.2. The Bertz CT molecular complexity index is 1340. The highest BCUT2D eigenvalue weighted by molar-refractivity contribution is 7.92. The van der Waals surface area contributed by atoms with E-state index in [-0.39, 0.29) is 10.6 Å². The van der Waals surface area contributed by atoms with Crippen molar-refractivity contribution in [2.24, 2.45) is 0 Å². The number of anilines is 1. The summed E-state index contributed by atoms with van der Waals surface area (Å²) < 4.78 is 38.8. The van der Waals surface area contributed by atoms with Crippen LogP contribution in [-0.4, -0.2) is 27.6 Å². The summed E-state index contributed by atoms with van der Waals surface area (Å²) >= 11 is 7.48. The molecule has 0 aliphatic heterocycles. The topological polar surface area (TPSA) is 77.5 Å². The van der Waals surface area contributed by atoms with E-state index in [1.807, 2.05) is 41.8 Å². The zero-order valence-corrected chi connectivity index (χ0v) is 19.6. The van der Waals surface area contributed by atoms with Gasteiger partial charge < -0.3 is 9.47 Å². The maximum absolute atomic E-state index is 12.9. The summed E-state index contributed by atoms with van der Waals surface area (Å²) in [6, 6.07) is 19.2. The van der Waals surface area contributed by atoms with Gasteiger partial charge in [-0.15, -0.1) is 11.3 Å². The van der Waals surface area contributed by atoms with Gasteiger partial charge in [0.05, 0.1) is 19.9 Å². The molecule has 0 spiro atoms. The van der Waals surface area contributed by atoms with E-state index in [0.29, 0.717) is 16.5 Å². The normalized spacial score (nSPS) is 11.2. The third kappa shape index (κ3) is 4.72. The largest absolute Gasteiger partial charge is 0.497 e. The molecular formula is C23H19ClN2O4S2. The van der Waals surface area contributed by atoms with Gasteiger partial charge in [0.15, 0.2) is 0 Å². The van der Waals surface area contributed by atoms with Crippen LogP contribution in [0.25, 0.3) is 21.8 Å². The fraction of sp³-hybridized carbons (Fsp3) is 0.0870. The highest BCUT2D eigenvalue weighted by atomic mass is 35.5. The Kier molecular flexibility index (Phi) is 6.36. The smallest absolute Gasteiger partial charge is 0.265 e. The number of hydrogen-bond acceptors (Lipinski definition) is 6. The van der Waals surface area contributed by atoms with Gasteiger partial charge in [-0.05, 0) is 36.4 Å². The first kappa shape index (κ1) is 22.1. The monoisotopic (exact) mass is 486 g/mol. The van der Waals surface area contributed by atoms with Crippen LogP contribution in [0.3, 0.4) is 0 Å². The van der Waals surface area contributed by atoms with E-state index in [0.717, 1.165) is 21.8 Å². The van der Waals surface area contributed by atoms with Gasteiger partial charge in [0.2, 0.25) is 0 Å². The van der Waals surface area contributed by atoms with Gasteiger partial charge in [-0.25, -0.2) is 13.4 Å². The number of nitrogens with one attached hydrogen (secondary N) is 1. The van der Waals surface area contributed by atoms with Gasteiger partial charge in [0.1, 0.15) is 21.4 Å². The van der Waals surface area contributed by atoms with Crippen molar-refractivity contribution < 1.29 is 17.9 Å². The molecule has 0 saturated carbocycles. The molecule has 4 rings (SSSR count). The number of benzene rings is 3. The number of sulfonamides is 1. The first-order valence-electron chi connectivity index (χ1n) is 9.46. The average Bonchev–Trinajstić information content (AvgIpc) is 3.29. The fourth-order valence-corrected chi connectivity index (χ4v) is 5.25. The molecule has 0 saturated heterocycles. The molecule has 0 aliphatic carbocycles. The van der Waals surface area contributed by atoms with Crippen molar-refractivity contribution in [1.82, 2.24) is 4.98 Å². The van der Waals surface area contributed by atoms with Gasteiger partial charge in [-0.3, -0.25) is 4.72 Å². The molecule has 1 heterocycles. The van der Waals surface area contributed by atoms with Gasteiger partial charge in [0, 0.05) is 33.3 Å². The van der Waals surface area contributed by atoms with E-state index in [2.05, 4.69) is 9.71 Å². The quantitative estimate of drug-likeness (QED) is 0.349. The lowest BCUT2D eigenvalue weighted by Crippen LogP contribution is -2.14. The Hall–Kier alpha value is -3.07. The number of aromatic nitrogens is 1. The van der Waals surface area contributed by atoms with Crippen molar-refractivity contribution in [3.05, 3.63) is 77.1 Å². The van der Waals surface area contributed by atoms with Crippen LogP contribution < -0.4 is 14.2 Å². The second kappa shape index (κ2) is 9.20. The van der Waals surface area contributed by atoms with E-state index in [1.165, 1.54) is 31.6 Å². The molecule has 0 bridgehead atoms.